The van der Waals surface area contributed by atoms with Crippen molar-refractivity contribution in [3.05, 3.63) is 64.7 Å². The van der Waals surface area contributed by atoms with E-state index >= 15 is 0 Å². The maximum absolute atomic E-state index is 12.2. The van der Waals surface area contributed by atoms with E-state index in [9.17, 15) is 9.59 Å². The van der Waals surface area contributed by atoms with Gasteiger partial charge in [0.05, 0.1) is 10.6 Å². The summed E-state index contributed by atoms with van der Waals surface area (Å²) < 4.78 is 0. The summed E-state index contributed by atoms with van der Waals surface area (Å²) in [7, 11) is 0. The van der Waals surface area contributed by atoms with Crippen molar-refractivity contribution in [2.24, 2.45) is 0 Å². The number of hydrogen-bond donors (Lipinski definition) is 3. The van der Waals surface area contributed by atoms with Gasteiger partial charge in [-0.3, -0.25) is 9.59 Å². The van der Waals surface area contributed by atoms with Crippen molar-refractivity contribution in [1.82, 2.24) is 5.32 Å². The zero-order chi connectivity index (χ0) is 17.5. The Hall–Kier alpha value is -2.37. The van der Waals surface area contributed by atoms with Crippen LogP contribution in [0.25, 0.3) is 0 Å². The number of carbonyl (C=O) groups excluding carboxylic acids is 2. The Kier molecular flexibility index (Phi) is 6.35. The van der Waals surface area contributed by atoms with E-state index < -0.39 is 11.9 Å². The van der Waals surface area contributed by atoms with Crippen LogP contribution in [0.2, 0.25) is 5.02 Å². The van der Waals surface area contributed by atoms with Gasteiger partial charge in [-0.1, -0.05) is 35.9 Å². The molecule has 2 aromatic rings. The van der Waals surface area contributed by atoms with Gasteiger partial charge < -0.3 is 15.7 Å². The Morgan fingerprint density at radius 3 is 2.42 bits per heavy atom. The molecular formula is C18H19ClN2O3. The average molecular weight is 347 g/mol. The van der Waals surface area contributed by atoms with Gasteiger partial charge in [0.1, 0.15) is 6.04 Å². The van der Waals surface area contributed by atoms with Gasteiger partial charge >= 0.3 is 0 Å². The Morgan fingerprint density at radius 2 is 1.79 bits per heavy atom. The standard InChI is InChI=1S/C18H19ClN2O3/c1-12(20-18(24)15-4-2-3-5-16(15)19)17(23)21-14-8-6-13(7-9-14)10-11-22/h2-9,12,22H,10-11H2,1H3,(H,20,24)(H,21,23). The Balaban J connectivity index is 1.94. The highest BCUT2D eigenvalue weighted by molar-refractivity contribution is 6.33. The van der Waals surface area contributed by atoms with Gasteiger partial charge in [-0.2, -0.15) is 0 Å². The van der Waals surface area contributed by atoms with E-state index in [-0.39, 0.29) is 12.5 Å². The normalized spacial score (nSPS) is 11.6. The molecule has 6 heteroatoms. The number of benzene rings is 2. The molecule has 0 saturated carbocycles. The highest BCUT2D eigenvalue weighted by Gasteiger charge is 2.18. The van der Waals surface area contributed by atoms with Crippen LogP contribution in [0.5, 0.6) is 0 Å². The minimum absolute atomic E-state index is 0.0802. The van der Waals surface area contributed by atoms with E-state index in [1.807, 2.05) is 12.1 Å². The lowest BCUT2D eigenvalue weighted by Gasteiger charge is -2.15. The Morgan fingerprint density at radius 1 is 1.12 bits per heavy atom. The van der Waals surface area contributed by atoms with Crippen LogP contribution in [-0.4, -0.2) is 29.6 Å². The van der Waals surface area contributed by atoms with Gasteiger partial charge in [0, 0.05) is 12.3 Å². The summed E-state index contributed by atoms with van der Waals surface area (Å²) in [5.74, 6) is -0.730. The molecule has 0 heterocycles. The maximum Gasteiger partial charge on any atom is 0.253 e. The Bertz CT molecular complexity index is 716. The average Bonchev–Trinajstić information content (AvgIpc) is 2.57. The first-order valence-electron chi connectivity index (χ1n) is 7.57. The first kappa shape index (κ1) is 18.0. The molecule has 5 nitrogen and oxygen atoms in total. The van der Waals surface area contributed by atoms with Crippen molar-refractivity contribution < 1.29 is 14.7 Å². The fourth-order valence-corrected chi connectivity index (χ4v) is 2.34. The van der Waals surface area contributed by atoms with E-state index in [4.69, 9.17) is 16.7 Å². The lowest BCUT2D eigenvalue weighted by Crippen LogP contribution is -2.41. The molecule has 126 valence electrons. The molecule has 0 saturated heterocycles. The summed E-state index contributed by atoms with van der Waals surface area (Å²) in [5.41, 5.74) is 1.93. The largest absolute Gasteiger partial charge is 0.396 e. The van der Waals surface area contributed by atoms with Gasteiger partial charge in [-0.25, -0.2) is 0 Å². The molecule has 1 unspecified atom stereocenters. The number of carbonyl (C=O) groups is 2. The predicted octanol–water partition coefficient (Wildman–Crippen LogP) is 2.63. The first-order chi connectivity index (χ1) is 11.5. The van der Waals surface area contributed by atoms with E-state index in [2.05, 4.69) is 10.6 Å². The van der Waals surface area contributed by atoms with Crippen LogP contribution in [0.1, 0.15) is 22.8 Å². The fourth-order valence-electron chi connectivity index (χ4n) is 2.12. The number of hydrogen-bond acceptors (Lipinski definition) is 3. The number of aliphatic hydroxyl groups is 1. The van der Waals surface area contributed by atoms with Crippen LogP contribution in [0, 0.1) is 0 Å². The van der Waals surface area contributed by atoms with Crippen LogP contribution in [0.4, 0.5) is 5.69 Å². The van der Waals surface area contributed by atoms with Crippen LogP contribution in [-0.2, 0) is 11.2 Å². The zero-order valence-electron chi connectivity index (χ0n) is 13.3. The summed E-state index contributed by atoms with van der Waals surface area (Å²) in [6, 6.07) is 13.1. The number of amides is 2. The second kappa shape index (κ2) is 8.47. The molecule has 2 rings (SSSR count). The number of aliphatic hydroxyl groups excluding tert-OH is 1. The van der Waals surface area contributed by atoms with Gasteiger partial charge in [0.2, 0.25) is 5.91 Å². The van der Waals surface area contributed by atoms with Crippen molar-refractivity contribution >= 4 is 29.1 Å². The lowest BCUT2D eigenvalue weighted by molar-refractivity contribution is -0.117. The monoisotopic (exact) mass is 346 g/mol. The number of rotatable bonds is 6. The molecule has 0 bridgehead atoms. The van der Waals surface area contributed by atoms with E-state index in [0.29, 0.717) is 22.7 Å². The molecule has 0 aliphatic carbocycles. The molecule has 0 fully saturated rings. The maximum atomic E-state index is 12.2. The van der Waals surface area contributed by atoms with Gasteiger partial charge in [-0.05, 0) is 43.2 Å². The third kappa shape index (κ3) is 4.81. The molecule has 0 aromatic heterocycles. The quantitative estimate of drug-likeness (QED) is 0.752. The van der Waals surface area contributed by atoms with Crippen LogP contribution >= 0.6 is 11.6 Å². The molecular weight excluding hydrogens is 328 g/mol. The predicted molar refractivity (Wildman–Crippen MR) is 94.2 cm³/mol. The Labute approximate surface area is 145 Å². The smallest absolute Gasteiger partial charge is 0.253 e. The van der Waals surface area contributed by atoms with Gasteiger partial charge in [-0.15, -0.1) is 0 Å². The molecule has 3 N–H and O–H groups in total. The van der Waals surface area contributed by atoms with Crippen LogP contribution in [0.15, 0.2) is 48.5 Å². The van der Waals surface area contributed by atoms with Crippen LogP contribution < -0.4 is 10.6 Å². The van der Waals surface area contributed by atoms with Crippen molar-refractivity contribution in [3.8, 4) is 0 Å². The van der Waals surface area contributed by atoms with Crippen molar-refractivity contribution in [2.45, 2.75) is 19.4 Å². The highest BCUT2D eigenvalue weighted by Crippen LogP contribution is 2.15. The zero-order valence-corrected chi connectivity index (χ0v) is 14.0. The molecule has 0 radical (unpaired) electrons. The first-order valence-corrected chi connectivity index (χ1v) is 7.95. The summed E-state index contributed by atoms with van der Waals surface area (Å²) in [5, 5.41) is 14.6. The third-order valence-electron chi connectivity index (χ3n) is 3.48. The summed E-state index contributed by atoms with van der Waals surface area (Å²) in [6.45, 7) is 1.68. The van der Waals surface area contributed by atoms with E-state index in [1.165, 1.54) is 0 Å². The number of anilines is 1. The molecule has 0 spiro atoms. The second-order valence-electron chi connectivity index (χ2n) is 5.33. The van der Waals surface area contributed by atoms with E-state index in [0.717, 1.165) is 5.56 Å². The summed E-state index contributed by atoms with van der Waals surface area (Å²) in [6.07, 6.45) is 0.568. The molecule has 2 amide bonds. The number of nitrogens with one attached hydrogen (secondary N) is 2. The van der Waals surface area contributed by atoms with Crippen molar-refractivity contribution in [1.29, 1.82) is 0 Å². The summed E-state index contributed by atoms with van der Waals surface area (Å²) >= 11 is 5.97. The minimum Gasteiger partial charge on any atom is -0.396 e. The van der Waals surface area contributed by atoms with Gasteiger partial charge in [0.25, 0.3) is 5.91 Å². The minimum atomic E-state index is -0.717. The highest BCUT2D eigenvalue weighted by atomic mass is 35.5. The fraction of sp³-hybridized carbons (Fsp3) is 0.222. The van der Waals surface area contributed by atoms with Crippen molar-refractivity contribution in [2.75, 3.05) is 11.9 Å². The second-order valence-corrected chi connectivity index (χ2v) is 5.74. The molecule has 1 atom stereocenters. The molecule has 24 heavy (non-hydrogen) atoms. The SMILES string of the molecule is CC(NC(=O)c1ccccc1Cl)C(=O)Nc1ccc(CCO)cc1. The lowest BCUT2D eigenvalue weighted by atomic mass is 10.1. The topological polar surface area (TPSA) is 78.4 Å². The molecule has 0 aliphatic rings. The van der Waals surface area contributed by atoms with Crippen molar-refractivity contribution in [3.63, 3.8) is 0 Å². The van der Waals surface area contributed by atoms with Crippen LogP contribution in [0.3, 0.4) is 0 Å². The third-order valence-corrected chi connectivity index (χ3v) is 3.81. The molecule has 2 aromatic carbocycles. The van der Waals surface area contributed by atoms with Gasteiger partial charge in [0.15, 0.2) is 0 Å². The van der Waals surface area contributed by atoms with E-state index in [1.54, 1.807) is 43.3 Å². The summed E-state index contributed by atoms with van der Waals surface area (Å²) in [4.78, 5) is 24.3. The molecule has 0 aliphatic heterocycles. The number of halogens is 1.